The molecule has 2 aliphatic rings. The number of alkyl halides is 3. The number of benzene rings is 1. The molecule has 1 heterocycles. The van der Waals surface area contributed by atoms with E-state index >= 15 is 0 Å². The highest BCUT2D eigenvalue weighted by molar-refractivity contribution is 5.43. The summed E-state index contributed by atoms with van der Waals surface area (Å²) in [6.45, 7) is 6.22. The molecule has 0 amide bonds. The van der Waals surface area contributed by atoms with Crippen molar-refractivity contribution in [1.29, 1.82) is 0 Å². The molecule has 22 heavy (non-hydrogen) atoms. The maximum atomic E-state index is 13.0. The first kappa shape index (κ1) is 15.9. The van der Waals surface area contributed by atoms with Crippen LogP contribution in [0.4, 0.5) is 13.2 Å². The quantitative estimate of drug-likeness (QED) is 0.765. The van der Waals surface area contributed by atoms with E-state index in [4.69, 9.17) is 0 Å². The minimum atomic E-state index is -4.13. The maximum absolute atomic E-state index is 13.0. The lowest BCUT2D eigenvalue weighted by Gasteiger charge is -2.45. The maximum Gasteiger partial charge on any atom is 0.401 e. The molecule has 4 heteroatoms. The molecule has 0 N–H and O–H groups in total. The second kappa shape index (κ2) is 5.26. The van der Waals surface area contributed by atoms with Gasteiger partial charge in [0.2, 0.25) is 0 Å². The highest BCUT2D eigenvalue weighted by Gasteiger charge is 2.56. The van der Waals surface area contributed by atoms with Crippen LogP contribution in [-0.2, 0) is 5.54 Å². The molecule has 1 aromatic carbocycles. The topological polar surface area (TPSA) is 3.24 Å². The molecule has 2 unspecified atom stereocenters. The minimum Gasteiger partial charge on any atom is -0.284 e. The van der Waals surface area contributed by atoms with E-state index in [1.165, 1.54) is 5.56 Å². The predicted molar refractivity (Wildman–Crippen MR) is 81.7 cm³/mol. The lowest BCUT2D eigenvalue weighted by Crippen LogP contribution is -2.49. The molecule has 122 valence electrons. The number of fused-ring (bicyclic) bond motifs is 2. The van der Waals surface area contributed by atoms with Gasteiger partial charge in [0.05, 0.1) is 6.54 Å². The van der Waals surface area contributed by atoms with Gasteiger partial charge in [-0.1, -0.05) is 45.0 Å². The normalized spacial score (nSPS) is 25.3. The van der Waals surface area contributed by atoms with Crippen LogP contribution < -0.4 is 0 Å². The SMILES string of the molecule is CC(C)C(C)C1CN(CC(F)(F)F)C2(CC2)c2ccccc21. The van der Waals surface area contributed by atoms with Gasteiger partial charge in [0.15, 0.2) is 0 Å². The Bertz CT molecular complexity index is 546. The van der Waals surface area contributed by atoms with Crippen molar-refractivity contribution < 1.29 is 13.2 Å². The summed E-state index contributed by atoms with van der Waals surface area (Å²) in [6.07, 6.45) is -2.43. The Balaban J connectivity index is 2.00. The Morgan fingerprint density at radius 2 is 1.82 bits per heavy atom. The van der Waals surface area contributed by atoms with Gasteiger partial charge in [-0.2, -0.15) is 13.2 Å². The second-order valence-electron chi connectivity index (χ2n) is 7.32. The lowest BCUT2D eigenvalue weighted by atomic mass is 9.74. The van der Waals surface area contributed by atoms with Gasteiger partial charge in [0.25, 0.3) is 0 Å². The molecule has 0 bridgehead atoms. The van der Waals surface area contributed by atoms with Crippen LogP contribution in [-0.4, -0.2) is 24.2 Å². The molecule has 0 radical (unpaired) electrons. The average molecular weight is 311 g/mol. The van der Waals surface area contributed by atoms with E-state index in [-0.39, 0.29) is 11.5 Å². The first-order valence-electron chi connectivity index (χ1n) is 8.16. The number of halogens is 3. The van der Waals surface area contributed by atoms with E-state index in [0.29, 0.717) is 18.4 Å². The molecule has 1 spiro atoms. The fourth-order valence-corrected chi connectivity index (χ4v) is 3.98. The molecule has 2 atom stereocenters. The van der Waals surface area contributed by atoms with Gasteiger partial charge in [-0.05, 0) is 41.7 Å². The highest BCUT2D eigenvalue weighted by Crippen LogP contribution is 2.57. The molecule has 1 aliphatic heterocycles. The van der Waals surface area contributed by atoms with E-state index in [2.05, 4.69) is 26.8 Å². The van der Waals surface area contributed by atoms with Gasteiger partial charge in [-0.25, -0.2) is 0 Å². The smallest absolute Gasteiger partial charge is 0.284 e. The van der Waals surface area contributed by atoms with Crippen LogP contribution in [0, 0.1) is 11.8 Å². The highest BCUT2D eigenvalue weighted by atomic mass is 19.4. The lowest BCUT2D eigenvalue weighted by molar-refractivity contribution is -0.156. The van der Waals surface area contributed by atoms with Crippen LogP contribution in [0.2, 0.25) is 0 Å². The molecule has 3 rings (SSSR count). The summed E-state index contributed by atoms with van der Waals surface area (Å²) in [6, 6.07) is 8.16. The Labute approximate surface area is 130 Å². The van der Waals surface area contributed by atoms with Crippen molar-refractivity contribution in [3.8, 4) is 0 Å². The van der Waals surface area contributed by atoms with Crippen LogP contribution in [0.25, 0.3) is 0 Å². The van der Waals surface area contributed by atoms with E-state index in [9.17, 15) is 13.2 Å². The second-order valence-corrected chi connectivity index (χ2v) is 7.32. The van der Waals surface area contributed by atoms with Crippen LogP contribution in [0.15, 0.2) is 24.3 Å². The average Bonchev–Trinajstić information content (AvgIpc) is 3.22. The van der Waals surface area contributed by atoms with Crippen molar-refractivity contribution in [2.45, 2.75) is 51.2 Å². The van der Waals surface area contributed by atoms with E-state index in [1.807, 2.05) is 18.2 Å². The third kappa shape index (κ3) is 2.66. The number of hydrogen-bond acceptors (Lipinski definition) is 1. The standard InChI is InChI=1S/C18H24F3N/c1-12(2)13(3)15-10-22(11-18(19,20)21)17(8-9-17)16-7-5-4-6-14(15)16/h4-7,12-13,15H,8-11H2,1-3H3. The summed E-state index contributed by atoms with van der Waals surface area (Å²) in [7, 11) is 0. The van der Waals surface area contributed by atoms with Crippen LogP contribution in [0.1, 0.15) is 50.7 Å². The summed E-state index contributed by atoms with van der Waals surface area (Å²) in [5.74, 6) is 1.01. The summed E-state index contributed by atoms with van der Waals surface area (Å²) in [5, 5.41) is 0. The van der Waals surface area contributed by atoms with Gasteiger partial charge in [-0.3, -0.25) is 4.90 Å². The summed E-state index contributed by atoms with van der Waals surface area (Å²) >= 11 is 0. The molecule has 1 nitrogen and oxygen atoms in total. The number of hydrogen-bond donors (Lipinski definition) is 0. The summed E-state index contributed by atoms with van der Waals surface area (Å²) in [4.78, 5) is 1.71. The number of rotatable bonds is 3. The van der Waals surface area contributed by atoms with Gasteiger partial charge in [-0.15, -0.1) is 0 Å². The van der Waals surface area contributed by atoms with Crippen molar-refractivity contribution in [2.24, 2.45) is 11.8 Å². The molecule has 0 saturated heterocycles. The van der Waals surface area contributed by atoms with Crippen molar-refractivity contribution in [3.63, 3.8) is 0 Å². The van der Waals surface area contributed by atoms with E-state index in [1.54, 1.807) is 4.90 Å². The fourth-order valence-electron chi connectivity index (χ4n) is 3.98. The largest absolute Gasteiger partial charge is 0.401 e. The van der Waals surface area contributed by atoms with Crippen molar-refractivity contribution in [3.05, 3.63) is 35.4 Å². The van der Waals surface area contributed by atoms with Gasteiger partial charge < -0.3 is 0 Å². The van der Waals surface area contributed by atoms with E-state index < -0.39 is 12.7 Å². The summed E-state index contributed by atoms with van der Waals surface area (Å²) in [5.41, 5.74) is 2.07. The zero-order valence-corrected chi connectivity index (χ0v) is 13.5. The van der Waals surface area contributed by atoms with E-state index in [0.717, 1.165) is 18.4 Å². The molecule has 1 aromatic rings. The van der Waals surface area contributed by atoms with Crippen molar-refractivity contribution in [2.75, 3.05) is 13.1 Å². The third-order valence-electron chi connectivity index (χ3n) is 5.66. The molecular formula is C18H24F3N. The Hall–Kier alpha value is -1.03. The Morgan fingerprint density at radius 3 is 2.36 bits per heavy atom. The van der Waals surface area contributed by atoms with Crippen molar-refractivity contribution in [1.82, 2.24) is 4.90 Å². The first-order valence-corrected chi connectivity index (χ1v) is 8.16. The molecular weight excluding hydrogens is 287 g/mol. The zero-order chi connectivity index (χ0) is 16.1. The Kier molecular flexibility index (Phi) is 3.79. The molecule has 0 aromatic heterocycles. The van der Waals surface area contributed by atoms with Crippen LogP contribution >= 0.6 is 0 Å². The van der Waals surface area contributed by atoms with Gasteiger partial charge >= 0.3 is 6.18 Å². The minimum absolute atomic E-state index is 0.185. The van der Waals surface area contributed by atoms with Crippen LogP contribution in [0.3, 0.4) is 0 Å². The molecule has 1 fully saturated rings. The molecule has 1 aliphatic carbocycles. The van der Waals surface area contributed by atoms with Crippen molar-refractivity contribution >= 4 is 0 Å². The fraction of sp³-hybridized carbons (Fsp3) is 0.667. The monoisotopic (exact) mass is 311 g/mol. The zero-order valence-electron chi connectivity index (χ0n) is 13.5. The molecule has 1 saturated carbocycles. The first-order chi connectivity index (χ1) is 10.2. The number of nitrogens with zero attached hydrogens (tertiary/aromatic N) is 1. The Morgan fingerprint density at radius 1 is 1.18 bits per heavy atom. The summed E-state index contributed by atoms with van der Waals surface area (Å²) < 4.78 is 39.1. The third-order valence-corrected chi connectivity index (χ3v) is 5.66. The van der Waals surface area contributed by atoms with Gasteiger partial charge in [0.1, 0.15) is 0 Å². The van der Waals surface area contributed by atoms with Gasteiger partial charge in [0, 0.05) is 12.1 Å². The predicted octanol–water partition coefficient (Wildman–Crippen LogP) is 4.93. The van der Waals surface area contributed by atoms with Crippen LogP contribution in [0.5, 0.6) is 0 Å².